The molecule has 4 rings (SSSR count). The van der Waals surface area contributed by atoms with E-state index in [0.29, 0.717) is 13.1 Å². The number of hydrogen-bond donors (Lipinski definition) is 1. The SMILES string of the molecule is Cc1ccc2c(c1)c1c3n2C[C@@H](O)CN=C3CCC1. The summed E-state index contributed by atoms with van der Waals surface area (Å²) in [6, 6.07) is 6.63. The lowest BCUT2D eigenvalue weighted by Crippen LogP contribution is -2.18. The van der Waals surface area contributed by atoms with Gasteiger partial charge in [-0.3, -0.25) is 4.99 Å². The molecule has 1 aromatic heterocycles. The minimum Gasteiger partial charge on any atom is -0.389 e. The molecular formula is C16H18N2O. The molecule has 0 radical (unpaired) electrons. The molecule has 0 bridgehead atoms. The number of aryl methyl sites for hydroxylation is 2. The number of hydrogen-bond acceptors (Lipinski definition) is 2. The average Bonchev–Trinajstić information content (AvgIpc) is 2.60. The topological polar surface area (TPSA) is 37.5 Å². The lowest BCUT2D eigenvalue weighted by molar-refractivity contribution is 0.166. The van der Waals surface area contributed by atoms with Gasteiger partial charge in [0.15, 0.2) is 0 Å². The molecule has 0 unspecified atom stereocenters. The van der Waals surface area contributed by atoms with Crippen LogP contribution in [0.1, 0.15) is 29.7 Å². The molecule has 3 heteroatoms. The Kier molecular flexibility index (Phi) is 2.33. The summed E-state index contributed by atoms with van der Waals surface area (Å²) in [6.07, 6.45) is 3.00. The van der Waals surface area contributed by atoms with Crippen LogP contribution < -0.4 is 0 Å². The smallest absolute Gasteiger partial charge is 0.0914 e. The van der Waals surface area contributed by atoms with Gasteiger partial charge in [0.25, 0.3) is 0 Å². The van der Waals surface area contributed by atoms with Crippen LogP contribution in [-0.2, 0) is 13.0 Å². The Morgan fingerprint density at radius 1 is 1.32 bits per heavy atom. The Balaban J connectivity index is 2.10. The number of aliphatic hydroxyl groups is 1. The van der Waals surface area contributed by atoms with Crippen LogP contribution in [0.4, 0.5) is 0 Å². The Labute approximate surface area is 112 Å². The van der Waals surface area contributed by atoms with Crippen molar-refractivity contribution in [3.63, 3.8) is 0 Å². The molecule has 19 heavy (non-hydrogen) atoms. The molecule has 3 nitrogen and oxygen atoms in total. The fourth-order valence-electron chi connectivity index (χ4n) is 3.50. The molecule has 2 heterocycles. The minimum absolute atomic E-state index is 0.362. The highest BCUT2D eigenvalue weighted by molar-refractivity contribution is 6.07. The van der Waals surface area contributed by atoms with E-state index >= 15 is 0 Å². The number of nitrogens with zero attached hydrogens (tertiary/aromatic N) is 2. The van der Waals surface area contributed by atoms with Crippen LogP contribution in [0.5, 0.6) is 0 Å². The number of fused-ring (bicyclic) bond motifs is 3. The van der Waals surface area contributed by atoms with E-state index in [1.165, 1.54) is 39.9 Å². The minimum atomic E-state index is -0.362. The van der Waals surface area contributed by atoms with Gasteiger partial charge in [-0.25, -0.2) is 0 Å². The van der Waals surface area contributed by atoms with Crippen molar-refractivity contribution in [1.29, 1.82) is 0 Å². The van der Waals surface area contributed by atoms with Crippen molar-refractivity contribution in [3.8, 4) is 0 Å². The summed E-state index contributed by atoms with van der Waals surface area (Å²) in [5, 5.41) is 11.4. The first-order valence-electron chi connectivity index (χ1n) is 7.07. The molecule has 2 aliphatic rings. The van der Waals surface area contributed by atoms with Crippen molar-refractivity contribution in [2.75, 3.05) is 6.54 Å². The van der Waals surface area contributed by atoms with Crippen LogP contribution in [0.15, 0.2) is 23.2 Å². The van der Waals surface area contributed by atoms with Gasteiger partial charge in [-0.05, 0) is 43.9 Å². The Bertz CT molecular complexity index is 696. The average molecular weight is 254 g/mol. The van der Waals surface area contributed by atoms with Crippen molar-refractivity contribution >= 4 is 16.6 Å². The Hall–Kier alpha value is -1.61. The summed E-state index contributed by atoms with van der Waals surface area (Å²) in [5.74, 6) is 0. The zero-order valence-corrected chi connectivity index (χ0v) is 11.2. The van der Waals surface area contributed by atoms with Crippen molar-refractivity contribution < 1.29 is 5.11 Å². The highest BCUT2D eigenvalue weighted by atomic mass is 16.3. The predicted octanol–water partition coefficient (Wildman–Crippen LogP) is 2.45. The summed E-state index contributed by atoms with van der Waals surface area (Å²) in [5.41, 5.74) is 6.49. The molecule has 0 saturated heterocycles. The molecule has 98 valence electrons. The number of benzene rings is 1. The van der Waals surface area contributed by atoms with Gasteiger partial charge >= 0.3 is 0 Å². The molecular weight excluding hydrogens is 236 g/mol. The largest absolute Gasteiger partial charge is 0.389 e. The van der Waals surface area contributed by atoms with E-state index in [1.54, 1.807) is 0 Å². The van der Waals surface area contributed by atoms with Gasteiger partial charge in [-0.2, -0.15) is 0 Å². The van der Waals surface area contributed by atoms with E-state index in [-0.39, 0.29) is 6.10 Å². The van der Waals surface area contributed by atoms with E-state index < -0.39 is 0 Å². The standard InChI is InChI=1S/C16H18N2O/c1-10-5-6-15-13(7-10)12-3-2-4-14-16(12)18(15)9-11(19)8-17-14/h5-7,11,19H,2-4,8-9H2,1H3/t11-/m0/s1. The third-order valence-corrected chi connectivity index (χ3v) is 4.32. The summed E-state index contributed by atoms with van der Waals surface area (Å²) in [4.78, 5) is 4.64. The fraction of sp³-hybridized carbons (Fsp3) is 0.438. The van der Waals surface area contributed by atoms with Crippen molar-refractivity contribution in [1.82, 2.24) is 4.57 Å². The maximum absolute atomic E-state index is 10.1. The normalized spacial score (nSPS) is 22.0. The zero-order chi connectivity index (χ0) is 13.0. The van der Waals surface area contributed by atoms with Crippen molar-refractivity contribution in [3.05, 3.63) is 35.0 Å². The van der Waals surface area contributed by atoms with Crippen LogP contribution in [0.2, 0.25) is 0 Å². The molecule has 2 aromatic rings. The monoisotopic (exact) mass is 254 g/mol. The number of aliphatic imine (C=N–C) groups is 1. The number of rotatable bonds is 0. The van der Waals surface area contributed by atoms with E-state index in [2.05, 4.69) is 34.7 Å². The molecule has 1 N–H and O–H groups in total. The first-order valence-corrected chi connectivity index (χ1v) is 7.07. The Morgan fingerprint density at radius 2 is 2.21 bits per heavy atom. The van der Waals surface area contributed by atoms with Gasteiger partial charge in [0, 0.05) is 10.9 Å². The first kappa shape index (κ1) is 11.2. The molecule has 1 aromatic carbocycles. The van der Waals surface area contributed by atoms with Gasteiger partial charge in [0.1, 0.15) is 0 Å². The van der Waals surface area contributed by atoms with Crippen molar-refractivity contribution in [2.45, 2.75) is 38.8 Å². The lowest BCUT2D eigenvalue weighted by atomic mass is 9.93. The van der Waals surface area contributed by atoms with E-state index in [4.69, 9.17) is 0 Å². The third kappa shape index (κ3) is 1.58. The van der Waals surface area contributed by atoms with Crippen LogP contribution in [0.25, 0.3) is 10.9 Å². The van der Waals surface area contributed by atoms with Gasteiger partial charge in [-0.15, -0.1) is 0 Å². The predicted molar refractivity (Wildman–Crippen MR) is 77.0 cm³/mol. The van der Waals surface area contributed by atoms with Crippen LogP contribution >= 0.6 is 0 Å². The van der Waals surface area contributed by atoms with Gasteiger partial charge in [-0.1, -0.05) is 11.6 Å². The molecule has 0 saturated carbocycles. The highest BCUT2D eigenvalue weighted by Crippen LogP contribution is 2.34. The van der Waals surface area contributed by atoms with Crippen LogP contribution in [-0.4, -0.2) is 28.0 Å². The molecule has 1 aliphatic heterocycles. The molecule has 0 spiro atoms. The summed E-state index contributed by atoms with van der Waals surface area (Å²) < 4.78 is 2.29. The summed E-state index contributed by atoms with van der Waals surface area (Å²) in [6.45, 7) is 3.35. The maximum Gasteiger partial charge on any atom is 0.0914 e. The van der Waals surface area contributed by atoms with E-state index in [9.17, 15) is 5.11 Å². The second-order valence-electron chi connectivity index (χ2n) is 5.75. The lowest BCUT2D eigenvalue weighted by Gasteiger charge is -2.16. The van der Waals surface area contributed by atoms with Gasteiger partial charge in [0.2, 0.25) is 0 Å². The van der Waals surface area contributed by atoms with E-state index in [0.717, 1.165) is 12.8 Å². The Morgan fingerprint density at radius 3 is 3.11 bits per heavy atom. The first-order chi connectivity index (χ1) is 9.24. The number of aliphatic hydroxyl groups excluding tert-OH is 1. The van der Waals surface area contributed by atoms with Gasteiger partial charge in [0.05, 0.1) is 30.6 Å². The van der Waals surface area contributed by atoms with Gasteiger partial charge < -0.3 is 9.67 Å². The van der Waals surface area contributed by atoms with Crippen LogP contribution in [0.3, 0.4) is 0 Å². The second kappa shape index (κ2) is 3.94. The zero-order valence-electron chi connectivity index (χ0n) is 11.2. The fourth-order valence-corrected chi connectivity index (χ4v) is 3.50. The van der Waals surface area contributed by atoms with Crippen molar-refractivity contribution in [2.24, 2.45) is 4.99 Å². The highest BCUT2D eigenvalue weighted by Gasteiger charge is 2.27. The molecule has 1 aliphatic carbocycles. The summed E-state index contributed by atoms with van der Waals surface area (Å²) in [7, 11) is 0. The quantitative estimate of drug-likeness (QED) is 0.770. The molecule has 0 fully saturated rings. The van der Waals surface area contributed by atoms with E-state index in [1.807, 2.05) is 0 Å². The molecule has 0 amide bonds. The second-order valence-corrected chi connectivity index (χ2v) is 5.75. The van der Waals surface area contributed by atoms with Crippen LogP contribution in [0, 0.1) is 6.92 Å². The maximum atomic E-state index is 10.1. The summed E-state index contributed by atoms with van der Waals surface area (Å²) >= 11 is 0. The molecule has 1 atom stereocenters. The third-order valence-electron chi connectivity index (χ3n) is 4.32. The number of aromatic nitrogens is 1.